The second-order valence-corrected chi connectivity index (χ2v) is 2.70. The van der Waals surface area contributed by atoms with Gasteiger partial charge in [0, 0.05) is 6.20 Å². The Kier molecular flexibility index (Phi) is 2.02. The van der Waals surface area contributed by atoms with Crippen LogP contribution in [-0.4, -0.2) is 31.0 Å². The van der Waals surface area contributed by atoms with Gasteiger partial charge in [0.2, 0.25) is 5.95 Å². The number of aryl methyl sites for hydroxylation is 1. The first-order valence-electron chi connectivity index (χ1n) is 3.95. The molecule has 0 amide bonds. The molecule has 0 saturated heterocycles. The van der Waals surface area contributed by atoms with Gasteiger partial charge in [-0.05, 0) is 6.92 Å². The van der Waals surface area contributed by atoms with Crippen LogP contribution in [0.4, 0.5) is 0 Å². The third-order valence-electron chi connectivity index (χ3n) is 1.78. The molecule has 0 saturated carbocycles. The van der Waals surface area contributed by atoms with E-state index < -0.39 is 0 Å². The molecule has 2 aromatic heterocycles. The van der Waals surface area contributed by atoms with Crippen LogP contribution >= 0.6 is 0 Å². The van der Waals surface area contributed by atoms with E-state index >= 15 is 0 Å². The molecule has 0 aliphatic heterocycles. The summed E-state index contributed by atoms with van der Waals surface area (Å²) >= 11 is 0. The first-order chi connectivity index (χ1) is 6.81. The van der Waals surface area contributed by atoms with Crippen LogP contribution in [0, 0.1) is 6.92 Å². The van der Waals surface area contributed by atoms with Gasteiger partial charge in [-0.15, -0.1) is 10.2 Å². The van der Waals surface area contributed by atoms with E-state index in [0.717, 1.165) is 6.29 Å². The number of rotatable bonds is 2. The molecule has 0 aliphatic rings. The van der Waals surface area contributed by atoms with Crippen LogP contribution in [0.2, 0.25) is 0 Å². The monoisotopic (exact) mass is 189 g/mol. The third kappa shape index (κ3) is 1.37. The summed E-state index contributed by atoms with van der Waals surface area (Å²) in [5, 5.41) is 7.27. The molecule has 0 radical (unpaired) electrons. The Morgan fingerprint density at radius 3 is 2.64 bits per heavy atom. The van der Waals surface area contributed by atoms with Crippen LogP contribution < -0.4 is 0 Å². The predicted molar refractivity (Wildman–Crippen MR) is 47.1 cm³/mol. The van der Waals surface area contributed by atoms with Crippen molar-refractivity contribution in [3.05, 3.63) is 30.1 Å². The molecule has 2 rings (SSSR count). The van der Waals surface area contributed by atoms with Gasteiger partial charge in [-0.3, -0.25) is 9.36 Å². The number of hydrogen-bond acceptors (Lipinski definition) is 5. The lowest BCUT2D eigenvalue weighted by Gasteiger charge is -2.01. The SMILES string of the molecule is Cc1nc(-n2cnnc2)ncc1C=O. The number of carbonyl (C=O) groups is 1. The molecule has 0 fully saturated rings. The Labute approximate surface area is 79.6 Å². The summed E-state index contributed by atoms with van der Waals surface area (Å²) in [5.41, 5.74) is 1.13. The molecule has 0 atom stereocenters. The van der Waals surface area contributed by atoms with E-state index in [0.29, 0.717) is 17.2 Å². The van der Waals surface area contributed by atoms with Crippen LogP contribution in [0.25, 0.3) is 5.95 Å². The minimum absolute atomic E-state index is 0.457. The van der Waals surface area contributed by atoms with E-state index in [9.17, 15) is 4.79 Å². The molecule has 0 spiro atoms. The maximum absolute atomic E-state index is 10.5. The van der Waals surface area contributed by atoms with Gasteiger partial charge in [-0.2, -0.15) is 0 Å². The Hall–Kier alpha value is -2.11. The first-order valence-corrected chi connectivity index (χ1v) is 3.95. The van der Waals surface area contributed by atoms with E-state index in [1.165, 1.54) is 18.9 Å². The summed E-state index contributed by atoms with van der Waals surface area (Å²) in [5.74, 6) is 0.457. The molecule has 0 bridgehead atoms. The van der Waals surface area contributed by atoms with E-state index in [1.807, 2.05) is 0 Å². The van der Waals surface area contributed by atoms with Gasteiger partial charge in [0.15, 0.2) is 6.29 Å². The molecular formula is C8H7N5O. The first kappa shape index (κ1) is 8.49. The molecule has 2 aromatic rings. The van der Waals surface area contributed by atoms with Crippen molar-refractivity contribution in [1.82, 2.24) is 24.7 Å². The van der Waals surface area contributed by atoms with Crippen molar-refractivity contribution in [1.29, 1.82) is 0 Å². The minimum Gasteiger partial charge on any atom is -0.298 e. The second-order valence-electron chi connectivity index (χ2n) is 2.70. The lowest BCUT2D eigenvalue weighted by molar-refractivity contribution is 0.112. The molecule has 0 aromatic carbocycles. The normalized spacial score (nSPS) is 10.1. The topological polar surface area (TPSA) is 73.6 Å². The molecule has 14 heavy (non-hydrogen) atoms. The molecule has 0 unspecified atom stereocenters. The van der Waals surface area contributed by atoms with Crippen LogP contribution in [0.15, 0.2) is 18.9 Å². The quantitative estimate of drug-likeness (QED) is 0.630. The van der Waals surface area contributed by atoms with Crippen molar-refractivity contribution in [3.63, 3.8) is 0 Å². The van der Waals surface area contributed by atoms with Crippen molar-refractivity contribution in [2.45, 2.75) is 6.92 Å². The Morgan fingerprint density at radius 2 is 2.07 bits per heavy atom. The summed E-state index contributed by atoms with van der Waals surface area (Å²) < 4.78 is 1.57. The number of aromatic nitrogens is 5. The highest BCUT2D eigenvalue weighted by atomic mass is 16.1. The highest BCUT2D eigenvalue weighted by Crippen LogP contribution is 2.03. The Morgan fingerprint density at radius 1 is 1.36 bits per heavy atom. The largest absolute Gasteiger partial charge is 0.298 e. The van der Waals surface area contributed by atoms with Crippen LogP contribution in [-0.2, 0) is 0 Å². The standard InChI is InChI=1S/C8H7N5O/c1-6-7(3-14)2-9-8(12-6)13-4-10-11-5-13/h2-5H,1H3. The number of aldehydes is 1. The summed E-state index contributed by atoms with van der Waals surface area (Å²) in [7, 11) is 0. The lowest BCUT2D eigenvalue weighted by Crippen LogP contribution is -2.02. The van der Waals surface area contributed by atoms with E-state index in [4.69, 9.17) is 0 Å². The number of carbonyl (C=O) groups excluding carboxylic acids is 1. The maximum atomic E-state index is 10.5. The van der Waals surface area contributed by atoms with Crippen LogP contribution in [0.1, 0.15) is 16.1 Å². The lowest BCUT2D eigenvalue weighted by atomic mass is 10.3. The minimum atomic E-state index is 0.457. The van der Waals surface area contributed by atoms with Gasteiger partial charge in [0.1, 0.15) is 12.7 Å². The van der Waals surface area contributed by atoms with E-state index in [2.05, 4.69) is 20.2 Å². The Bertz CT molecular complexity index is 451. The average molecular weight is 189 g/mol. The zero-order valence-electron chi connectivity index (χ0n) is 7.45. The smallest absolute Gasteiger partial charge is 0.236 e. The predicted octanol–water partition coefficient (Wildman–Crippen LogP) is 0.178. The summed E-state index contributed by atoms with van der Waals surface area (Å²) in [6, 6.07) is 0. The van der Waals surface area contributed by atoms with Gasteiger partial charge < -0.3 is 0 Å². The van der Waals surface area contributed by atoms with Gasteiger partial charge in [0.05, 0.1) is 11.3 Å². The van der Waals surface area contributed by atoms with E-state index in [-0.39, 0.29) is 0 Å². The van der Waals surface area contributed by atoms with Crippen molar-refractivity contribution < 1.29 is 4.79 Å². The van der Waals surface area contributed by atoms with Gasteiger partial charge in [-0.1, -0.05) is 0 Å². The zero-order chi connectivity index (χ0) is 9.97. The maximum Gasteiger partial charge on any atom is 0.236 e. The highest BCUT2D eigenvalue weighted by molar-refractivity contribution is 5.75. The number of hydrogen-bond donors (Lipinski definition) is 0. The van der Waals surface area contributed by atoms with Crippen LogP contribution in [0.3, 0.4) is 0 Å². The van der Waals surface area contributed by atoms with E-state index in [1.54, 1.807) is 11.5 Å². The van der Waals surface area contributed by atoms with Gasteiger partial charge >= 0.3 is 0 Å². The van der Waals surface area contributed by atoms with Gasteiger partial charge in [-0.25, -0.2) is 9.97 Å². The fourth-order valence-electron chi connectivity index (χ4n) is 1.01. The molecule has 6 nitrogen and oxygen atoms in total. The fourth-order valence-corrected chi connectivity index (χ4v) is 1.01. The molecule has 0 N–H and O–H groups in total. The zero-order valence-corrected chi connectivity index (χ0v) is 7.45. The molecular weight excluding hydrogens is 182 g/mol. The molecule has 2 heterocycles. The number of nitrogens with zero attached hydrogens (tertiary/aromatic N) is 5. The molecule has 70 valence electrons. The average Bonchev–Trinajstić information content (AvgIpc) is 2.70. The van der Waals surface area contributed by atoms with Crippen molar-refractivity contribution in [3.8, 4) is 5.95 Å². The highest BCUT2D eigenvalue weighted by Gasteiger charge is 2.03. The molecule has 6 heteroatoms. The molecule has 0 aliphatic carbocycles. The van der Waals surface area contributed by atoms with Crippen molar-refractivity contribution in [2.75, 3.05) is 0 Å². The van der Waals surface area contributed by atoms with Crippen molar-refractivity contribution in [2.24, 2.45) is 0 Å². The summed E-state index contributed by atoms with van der Waals surface area (Å²) in [6.45, 7) is 1.75. The van der Waals surface area contributed by atoms with Gasteiger partial charge in [0.25, 0.3) is 0 Å². The fraction of sp³-hybridized carbons (Fsp3) is 0.125. The Balaban J connectivity index is 2.48. The summed E-state index contributed by atoms with van der Waals surface area (Å²) in [4.78, 5) is 18.6. The van der Waals surface area contributed by atoms with Crippen molar-refractivity contribution >= 4 is 6.29 Å². The third-order valence-corrected chi connectivity index (χ3v) is 1.78. The van der Waals surface area contributed by atoms with Crippen LogP contribution in [0.5, 0.6) is 0 Å². The summed E-state index contributed by atoms with van der Waals surface area (Å²) in [6.07, 6.45) is 5.20. The second kappa shape index (κ2) is 3.33.